The fraction of sp³-hybridized carbons (Fsp3) is 0.581. The van der Waals surface area contributed by atoms with Gasteiger partial charge < -0.3 is 14.5 Å². The molecule has 1 aromatic heterocycles. The molecule has 1 aliphatic carbocycles. The van der Waals surface area contributed by atoms with Crippen molar-refractivity contribution in [2.45, 2.75) is 77.2 Å². The maximum atomic E-state index is 13.3. The van der Waals surface area contributed by atoms with Crippen LogP contribution in [-0.2, 0) is 22.4 Å². The highest BCUT2D eigenvalue weighted by atomic mass is 79.9. The molecule has 3 heterocycles. The van der Waals surface area contributed by atoms with Crippen LogP contribution in [0.15, 0.2) is 33.3 Å². The first-order valence-corrected chi connectivity index (χ1v) is 16.3. The molecule has 5 rings (SSSR count). The second kappa shape index (κ2) is 12.3. The Hall–Kier alpha value is -1.64. The molecular formula is C31H38Br2ClN3O3. The highest BCUT2D eigenvalue weighted by Crippen LogP contribution is 2.46. The van der Waals surface area contributed by atoms with Crippen molar-refractivity contribution in [2.75, 3.05) is 26.2 Å². The SMILES string of the molecule is CC(C)(C)OC(=O)N1CCC(C[14C](=O)N2CCC([C@H]3c4ncc(Br)cc4CCc4cc(Cl)cc(Br)c43)CC2)CC1. The highest BCUT2D eigenvalue weighted by Gasteiger charge is 2.37. The van der Waals surface area contributed by atoms with Gasteiger partial charge in [-0.25, -0.2) is 4.79 Å². The van der Waals surface area contributed by atoms with Crippen molar-refractivity contribution in [1.29, 1.82) is 0 Å². The van der Waals surface area contributed by atoms with Gasteiger partial charge in [-0.1, -0.05) is 27.5 Å². The lowest BCUT2D eigenvalue weighted by molar-refractivity contribution is -0.134. The Bertz CT molecular complexity index is 1270. The van der Waals surface area contributed by atoms with Gasteiger partial charge in [0, 0.05) is 58.7 Å². The summed E-state index contributed by atoms with van der Waals surface area (Å²) in [6.07, 6.45) is 7.65. The monoisotopic (exact) mass is 695 g/mol. The summed E-state index contributed by atoms with van der Waals surface area (Å²) < 4.78 is 7.57. The first-order chi connectivity index (χ1) is 19.0. The van der Waals surface area contributed by atoms with E-state index in [4.69, 9.17) is 21.3 Å². The third-order valence-corrected chi connectivity index (χ3v) is 9.82. The van der Waals surface area contributed by atoms with Gasteiger partial charge in [0.05, 0.1) is 5.69 Å². The van der Waals surface area contributed by atoms with Crippen LogP contribution < -0.4 is 0 Å². The summed E-state index contributed by atoms with van der Waals surface area (Å²) in [7, 11) is 0. The molecule has 2 amide bonds. The summed E-state index contributed by atoms with van der Waals surface area (Å²) in [6, 6.07) is 6.33. The lowest BCUT2D eigenvalue weighted by atomic mass is 9.76. The van der Waals surface area contributed by atoms with Crippen molar-refractivity contribution < 1.29 is 14.3 Å². The molecule has 0 radical (unpaired) electrons. The average molecular weight is 698 g/mol. The number of carbonyl (C=O) groups is 2. The van der Waals surface area contributed by atoms with Gasteiger partial charge in [-0.2, -0.15) is 0 Å². The zero-order chi connectivity index (χ0) is 28.6. The van der Waals surface area contributed by atoms with E-state index in [0.717, 1.165) is 71.3 Å². The highest BCUT2D eigenvalue weighted by molar-refractivity contribution is 9.10. The van der Waals surface area contributed by atoms with Crippen LogP contribution in [0.5, 0.6) is 0 Å². The van der Waals surface area contributed by atoms with Gasteiger partial charge in [0.2, 0.25) is 5.91 Å². The smallest absolute Gasteiger partial charge is 0.410 e. The van der Waals surface area contributed by atoms with Crippen LogP contribution in [0.25, 0.3) is 0 Å². The molecule has 0 unspecified atom stereocenters. The number of carbonyl (C=O) groups excluding carboxylic acids is 2. The summed E-state index contributed by atoms with van der Waals surface area (Å²) in [5.41, 5.74) is 4.54. The van der Waals surface area contributed by atoms with Gasteiger partial charge in [0.1, 0.15) is 5.60 Å². The van der Waals surface area contributed by atoms with Gasteiger partial charge in [-0.05, 0) is 122 Å². The average Bonchev–Trinajstić information content (AvgIpc) is 3.05. The number of piperidine rings is 2. The number of rotatable bonds is 3. The Morgan fingerprint density at radius 2 is 1.73 bits per heavy atom. The largest absolute Gasteiger partial charge is 0.444 e. The quantitative estimate of drug-likeness (QED) is 0.329. The van der Waals surface area contributed by atoms with Gasteiger partial charge in [0.25, 0.3) is 0 Å². The molecule has 0 bridgehead atoms. The van der Waals surface area contributed by atoms with E-state index in [1.165, 1.54) is 16.7 Å². The van der Waals surface area contributed by atoms with Crippen molar-refractivity contribution in [2.24, 2.45) is 11.8 Å². The van der Waals surface area contributed by atoms with Crippen LogP contribution in [0.4, 0.5) is 4.79 Å². The maximum Gasteiger partial charge on any atom is 0.410 e. The van der Waals surface area contributed by atoms with E-state index >= 15 is 0 Å². The maximum absolute atomic E-state index is 13.3. The van der Waals surface area contributed by atoms with Gasteiger partial charge in [-0.3, -0.25) is 9.78 Å². The molecular weight excluding hydrogens is 660 g/mol. The molecule has 1 aromatic carbocycles. The van der Waals surface area contributed by atoms with E-state index in [0.29, 0.717) is 31.3 Å². The summed E-state index contributed by atoms with van der Waals surface area (Å²) >= 11 is 13.9. The molecule has 2 aromatic rings. The number of ether oxygens (including phenoxy) is 1. The Morgan fingerprint density at radius 1 is 1.05 bits per heavy atom. The number of likely N-dealkylation sites (tertiary alicyclic amines) is 2. The second-order valence-corrected chi connectivity index (χ2v) is 14.7. The summed E-state index contributed by atoms with van der Waals surface area (Å²) in [4.78, 5) is 34.5. The molecule has 0 saturated carbocycles. The van der Waals surface area contributed by atoms with E-state index in [-0.39, 0.29) is 17.9 Å². The van der Waals surface area contributed by atoms with E-state index in [1.54, 1.807) is 4.90 Å². The number of amides is 2. The van der Waals surface area contributed by atoms with Crippen molar-refractivity contribution in [3.05, 3.63) is 60.7 Å². The number of aromatic nitrogens is 1. The standard InChI is InChI=1S/C31H38Br2ClN3O3/c1-31(2,3)40-30(39)37-10-6-19(7-11-37)14-26(38)36-12-8-20(9-13-36)28-27-21(16-24(34)17-25(27)33)4-5-22-15-23(32)18-35-29(22)28/h15-20,28H,4-14H2,1-3H3/t28-/m1/s1/i26+2. The predicted octanol–water partition coefficient (Wildman–Crippen LogP) is 7.77. The summed E-state index contributed by atoms with van der Waals surface area (Å²) in [5.74, 6) is 1.11. The Labute approximate surface area is 259 Å². The third kappa shape index (κ3) is 6.87. The van der Waals surface area contributed by atoms with Gasteiger partial charge in [-0.15, -0.1) is 0 Å². The number of benzene rings is 1. The van der Waals surface area contributed by atoms with E-state index < -0.39 is 5.60 Å². The number of aryl methyl sites for hydroxylation is 2. The zero-order valence-electron chi connectivity index (χ0n) is 23.5. The van der Waals surface area contributed by atoms with Crippen LogP contribution in [0.1, 0.15) is 81.2 Å². The Kier molecular flexibility index (Phi) is 9.18. The number of hydrogen-bond acceptors (Lipinski definition) is 4. The molecule has 3 aliphatic rings. The van der Waals surface area contributed by atoms with E-state index in [9.17, 15) is 9.59 Å². The number of nitrogens with zero attached hydrogens (tertiary/aromatic N) is 3. The fourth-order valence-electron chi connectivity index (χ4n) is 6.53. The normalized spacial score (nSPS) is 20.5. The first-order valence-electron chi connectivity index (χ1n) is 14.4. The third-order valence-electron chi connectivity index (χ3n) is 8.51. The number of pyridine rings is 1. The fourth-order valence-corrected chi connectivity index (χ4v) is 8.03. The Morgan fingerprint density at radius 3 is 2.40 bits per heavy atom. The molecule has 1 atom stereocenters. The molecule has 0 spiro atoms. The minimum absolute atomic E-state index is 0.168. The first kappa shape index (κ1) is 29.8. The molecule has 2 saturated heterocycles. The lowest BCUT2D eigenvalue weighted by Gasteiger charge is -2.38. The van der Waals surface area contributed by atoms with Crippen LogP contribution in [0.2, 0.25) is 5.02 Å². The number of hydrogen-bond donors (Lipinski definition) is 0. The van der Waals surface area contributed by atoms with Crippen LogP contribution >= 0.6 is 43.5 Å². The van der Waals surface area contributed by atoms with Gasteiger partial charge in [0.15, 0.2) is 0 Å². The Balaban J connectivity index is 1.23. The number of halogens is 3. The predicted molar refractivity (Wildman–Crippen MR) is 165 cm³/mol. The summed E-state index contributed by atoms with van der Waals surface area (Å²) in [6.45, 7) is 8.49. The summed E-state index contributed by atoms with van der Waals surface area (Å²) in [5, 5.41) is 0.752. The van der Waals surface area contributed by atoms with Crippen LogP contribution in [0.3, 0.4) is 0 Å². The van der Waals surface area contributed by atoms with Crippen molar-refractivity contribution in [3.8, 4) is 0 Å². The minimum Gasteiger partial charge on any atom is -0.444 e. The molecule has 2 aliphatic heterocycles. The van der Waals surface area contributed by atoms with Crippen LogP contribution in [-0.4, -0.2) is 58.6 Å². The molecule has 6 nitrogen and oxygen atoms in total. The topological polar surface area (TPSA) is 62.7 Å². The minimum atomic E-state index is -0.493. The molecule has 216 valence electrons. The number of fused-ring (bicyclic) bond motifs is 2. The van der Waals surface area contributed by atoms with E-state index in [2.05, 4.69) is 48.9 Å². The van der Waals surface area contributed by atoms with Crippen molar-refractivity contribution in [1.82, 2.24) is 14.8 Å². The lowest BCUT2D eigenvalue weighted by Crippen LogP contribution is -2.44. The van der Waals surface area contributed by atoms with Crippen molar-refractivity contribution >= 4 is 55.5 Å². The van der Waals surface area contributed by atoms with Crippen molar-refractivity contribution in [3.63, 3.8) is 0 Å². The molecule has 9 heteroatoms. The van der Waals surface area contributed by atoms with Gasteiger partial charge >= 0.3 is 6.09 Å². The second-order valence-electron chi connectivity index (χ2n) is 12.5. The molecule has 40 heavy (non-hydrogen) atoms. The molecule has 2 fully saturated rings. The van der Waals surface area contributed by atoms with Crippen LogP contribution in [0, 0.1) is 11.8 Å². The van der Waals surface area contributed by atoms with E-state index in [1.807, 2.05) is 33.0 Å². The molecule has 0 N–H and O–H groups in total. The zero-order valence-corrected chi connectivity index (χ0v) is 27.4.